The van der Waals surface area contributed by atoms with Crippen molar-refractivity contribution in [2.75, 3.05) is 13.1 Å². The van der Waals surface area contributed by atoms with Crippen LogP contribution in [0.5, 0.6) is 0 Å². The Morgan fingerprint density at radius 2 is 2.20 bits per heavy atom. The molecular formula is C16H27N3S. The zero-order valence-corrected chi connectivity index (χ0v) is 14.0. The van der Waals surface area contributed by atoms with Crippen molar-refractivity contribution in [1.82, 2.24) is 15.2 Å². The van der Waals surface area contributed by atoms with E-state index in [4.69, 9.17) is 0 Å². The van der Waals surface area contributed by atoms with Gasteiger partial charge in [0.2, 0.25) is 0 Å². The van der Waals surface area contributed by atoms with Crippen molar-refractivity contribution >= 4 is 11.3 Å². The van der Waals surface area contributed by atoms with Gasteiger partial charge in [-0.3, -0.25) is 4.90 Å². The molecule has 1 aliphatic heterocycles. The summed E-state index contributed by atoms with van der Waals surface area (Å²) in [7, 11) is 0. The molecule has 2 atom stereocenters. The molecule has 2 heterocycles. The molecule has 0 bridgehead atoms. The van der Waals surface area contributed by atoms with Gasteiger partial charge in [-0.25, -0.2) is 4.98 Å². The van der Waals surface area contributed by atoms with Crippen LogP contribution in [-0.4, -0.2) is 34.1 Å². The van der Waals surface area contributed by atoms with Gasteiger partial charge in [0, 0.05) is 35.2 Å². The summed E-state index contributed by atoms with van der Waals surface area (Å²) in [6.07, 6.45) is 3.98. The molecule has 112 valence electrons. The van der Waals surface area contributed by atoms with Gasteiger partial charge in [0.05, 0.1) is 6.54 Å². The van der Waals surface area contributed by atoms with E-state index in [1.165, 1.54) is 24.3 Å². The third-order valence-corrected chi connectivity index (χ3v) is 6.34. The molecule has 1 saturated carbocycles. The van der Waals surface area contributed by atoms with E-state index in [1.54, 1.807) is 11.3 Å². The Kier molecular flexibility index (Phi) is 3.68. The van der Waals surface area contributed by atoms with Crippen LogP contribution >= 0.6 is 11.3 Å². The van der Waals surface area contributed by atoms with Crippen LogP contribution in [0.1, 0.15) is 50.7 Å². The van der Waals surface area contributed by atoms with E-state index in [0.29, 0.717) is 5.54 Å². The van der Waals surface area contributed by atoms with Gasteiger partial charge in [-0.05, 0) is 46.0 Å². The molecule has 0 aromatic carbocycles. The highest BCUT2D eigenvalue weighted by molar-refractivity contribution is 7.09. The number of rotatable bonds is 4. The smallest absolute Gasteiger partial charge is 0.107 e. The number of piperazine rings is 1. The fourth-order valence-electron chi connectivity index (χ4n) is 3.38. The Labute approximate surface area is 126 Å². The largest absolute Gasteiger partial charge is 0.308 e. The summed E-state index contributed by atoms with van der Waals surface area (Å²) in [5.74, 6) is 0.879. The van der Waals surface area contributed by atoms with E-state index in [1.807, 2.05) is 0 Å². The van der Waals surface area contributed by atoms with Gasteiger partial charge in [-0.2, -0.15) is 0 Å². The van der Waals surface area contributed by atoms with Gasteiger partial charge in [-0.1, -0.05) is 6.92 Å². The number of aryl methyl sites for hydroxylation is 1. The number of nitrogens with zero attached hydrogens (tertiary/aromatic N) is 2. The predicted octanol–water partition coefficient (Wildman–Crippen LogP) is 3.19. The Morgan fingerprint density at radius 1 is 1.45 bits per heavy atom. The summed E-state index contributed by atoms with van der Waals surface area (Å²) in [4.78, 5) is 7.35. The molecule has 0 amide bonds. The number of thiazole rings is 1. The third kappa shape index (κ3) is 2.66. The first-order chi connectivity index (χ1) is 9.45. The molecule has 4 heteroatoms. The number of hydrogen-bond acceptors (Lipinski definition) is 4. The second-order valence-electron chi connectivity index (χ2n) is 7.13. The maximum atomic E-state index is 4.67. The van der Waals surface area contributed by atoms with Crippen molar-refractivity contribution in [2.45, 2.75) is 64.6 Å². The lowest BCUT2D eigenvalue weighted by atomic mass is 9.84. The van der Waals surface area contributed by atoms with Gasteiger partial charge in [-0.15, -0.1) is 11.3 Å². The highest BCUT2D eigenvalue weighted by Crippen LogP contribution is 2.43. The highest BCUT2D eigenvalue weighted by Gasteiger charge is 2.48. The number of nitrogens with one attached hydrogen (secondary N) is 1. The molecule has 1 aromatic rings. The second kappa shape index (κ2) is 5.08. The van der Waals surface area contributed by atoms with Crippen LogP contribution in [-0.2, 0) is 6.54 Å². The zero-order chi connectivity index (χ0) is 14.4. The van der Waals surface area contributed by atoms with E-state index in [-0.39, 0.29) is 5.54 Å². The molecule has 3 nitrogen and oxygen atoms in total. The molecule has 1 N–H and O–H groups in total. The minimum Gasteiger partial charge on any atom is -0.308 e. The Balaban J connectivity index is 1.78. The van der Waals surface area contributed by atoms with Gasteiger partial charge >= 0.3 is 0 Å². The molecule has 1 aromatic heterocycles. The van der Waals surface area contributed by atoms with Crippen molar-refractivity contribution in [2.24, 2.45) is 5.92 Å². The van der Waals surface area contributed by atoms with E-state index in [0.717, 1.165) is 31.2 Å². The molecule has 0 radical (unpaired) electrons. The van der Waals surface area contributed by atoms with Crippen molar-refractivity contribution in [3.63, 3.8) is 0 Å². The van der Waals surface area contributed by atoms with E-state index in [9.17, 15) is 0 Å². The van der Waals surface area contributed by atoms with Gasteiger partial charge < -0.3 is 5.32 Å². The highest BCUT2D eigenvalue weighted by atomic mass is 32.1. The van der Waals surface area contributed by atoms with E-state index < -0.39 is 0 Å². The van der Waals surface area contributed by atoms with Crippen molar-refractivity contribution < 1.29 is 0 Å². The number of hydrogen-bond donors (Lipinski definition) is 1. The molecule has 2 unspecified atom stereocenters. The quantitative estimate of drug-likeness (QED) is 0.924. The van der Waals surface area contributed by atoms with Crippen LogP contribution in [0.2, 0.25) is 0 Å². The van der Waals surface area contributed by atoms with Crippen LogP contribution in [0, 0.1) is 12.8 Å². The van der Waals surface area contributed by atoms with Crippen LogP contribution in [0.3, 0.4) is 0 Å². The maximum absolute atomic E-state index is 4.67. The monoisotopic (exact) mass is 293 g/mol. The first-order valence-electron chi connectivity index (χ1n) is 7.86. The molecular weight excluding hydrogens is 266 g/mol. The fourth-order valence-corrected chi connectivity index (χ4v) is 4.16. The van der Waals surface area contributed by atoms with Crippen LogP contribution in [0.15, 0.2) is 5.38 Å². The van der Waals surface area contributed by atoms with Crippen LogP contribution in [0.25, 0.3) is 0 Å². The Hall–Kier alpha value is -0.450. The average molecular weight is 293 g/mol. The lowest BCUT2D eigenvalue weighted by Crippen LogP contribution is -2.68. The minimum atomic E-state index is 0.258. The van der Waals surface area contributed by atoms with E-state index in [2.05, 4.69) is 48.3 Å². The summed E-state index contributed by atoms with van der Waals surface area (Å²) in [5.41, 5.74) is 1.72. The topological polar surface area (TPSA) is 28.2 Å². The van der Waals surface area contributed by atoms with Gasteiger partial charge in [0.15, 0.2) is 0 Å². The third-order valence-electron chi connectivity index (χ3n) is 5.39. The molecule has 0 spiro atoms. The van der Waals surface area contributed by atoms with Crippen molar-refractivity contribution in [1.29, 1.82) is 0 Å². The van der Waals surface area contributed by atoms with E-state index >= 15 is 0 Å². The summed E-state index contributed by atoms with van der Waals surface area (Å²) in [6.45, 7) is 12.5. The first-order valence-corrected chi connectivity index (χ1v) is 8.74. The molecule has 20 heavy (non-hydrogen) atoms. The first kappa shape index (κ1) is 14.5. The molecule has 2 fully saturated rings. The van der Waals surface area contributed by atoms with Crippen LogP contribution in [0.4, 0.5) is 0 Å². The van der Waals surface area contributed by atoms with Gasteiger partial charge in [0.1, 0.15) is 5.01 Å². The molecule has 3 rings (SSSR count). The summed E-state index contributed by atoms with van der Waals surface area (Å²) >= 11 is 1.81. The lowest BCUT2D eigenvalue weighted by molar-refractivity contribution is 0.00419. The summed E-state index contributed by atoms with van der Waals surface area (Å²) in [5, 5.41) is 7.29. The normalized spacial score (nSPS) is 35.4. The predicted molar refractivity (Wildman–Crippen MR) is 85.1 cm³/mol. The molecule has 1 aliphatic carbocycles. The summed E-state index contributed by atoms with van der Waals surface area (Å²) in [6, 6.07) is 0. The fraction of sp³-hybridized carbons (Fsp3) is 0.812. The average Bonchev–Trinajstić information content (AvgIpc) is 3.20. The Morgan fingerprint density at radius 3 is 2.75 bits per heavy atom. The summed E-state index contributed by atoms with van der Waals surface area (Å²) < 4.78 is 0. The second-order valence-corrected chi connectivity index (χ2v) is 8.08. The zero-order valence-electron chi connectivity index (χ0n) is 13.2. The molecule has 1 saturated heterocycles. The molecule has 2 aliphatic rings. The van der Waals surface area contributed by atoms with Crippen molar-refractivity contribution in [3.05, 3.63) is 16.1 Å². The lowest BCUT2D eigenvalue weighted by Gasteiger charge is -2.52. The minimum absolute atomic E-state index is 0.258. The Bertz CT molecular complexity index is 482. The van der Waals surface area contributed by atoms with Crippen LogP contribution < -0.4 is 5.32 Å². The van der Waals surface area contributed by atoms with Gasteiger partial charge in [0.25, 0.3) is 0 Å². The van der Waals surface area contributed by atoms with Crippen molar-refractivity contribution in [3.8, 4) is 0 Å². The SMILES string of the molecule is CCC1(C)CNC(C)(C2CC2)CN1Cc1nc(C)cs1. The number of aromatic nitrogens is 1. The maximum Gasteiger partial charge on any atom is 0.107 e. The standard InChI is InChI=1S/C16H27N3S/c1-5-15(3)10-17-16(4,13-6-7-13)11-19(15)8-14-18-12(2)9-20-14/h9,13,17H,5-8,10-11H2,1-4H3.